The standard InChI is InChI=1S/C25H40O4/c1-2-3-20-28-21-14-12-10-8-6-4-5-7-9-11-13-15-22-29-24-18-16-23(17-19-24)25(26)27/h2,16-19H,1,3-15,20-22H2,(H,26,27). The molecule has 0 aliphatic heterocycles. The SMILES string of the molecule is C=CCCOCCCCCCCCCCCCCCOc1ccc(C(=O)O)cc1. The molecule has 0 amide bonds. The summed E-state index contributed by atoms with van der Waals surface area (Å²) in [6.07, 6.45) is 18.3. The molecule has 0 aromatic heterocycles. The third-order valence-electron chi connectivity index (χ3n) is 5.02. The van der Waals surface area contributed by atoms with Gasteiger partial charge >= 0.3 is 5.97 Å². The lowest BCUT2D eigenvalue weighted by Crippen LogP contribution is -1.99. The third kappa shape index (κ3) is 14.8. The fraction of sp³-hybridized carbons (Fsp3) is 0.640. The molecule has 1 aromatic carbocycles. The molecule has 0 fully saturated rings. The van der Waals surface area contributed by atoms with E-state index < -0.39 is 5.97 Å². The largest absolute Gasteiger partial charge is 0.494 e. The van der Waals surface area contributed by atoms with Crippen LogP contribution >= 0.6 is 0 Å². The number of unbranched alkanes of at least 4 members (excludes halogenated alkanes) is 11. The third-order valence-corrected chi connectivity index (χ3v) is 5.02. The number of aromatic carboxylic acids is 1. The van der Waals surface area contributed by atoms with Gasteiger partial charge in [0.1, 0.15) is 5.75 Å². The maximum absolute atomic E-state index is 10.8. The first-order valence-electron chi connectivity index (χ1n) is 11.4. The van der Waals surface area contributed by atoms with Crippen molar-refractivity contribution in [1.82, 2.24) is 0 Å². The topological polar surface area (TPSA) is 55.8 Å². The number of carboxylic acid groups (broad SMARTS) is 1. The highest BCUT2D eigenvalue weighted by molar-refractivity contribution is 5.87. The van der Waals surface area contributed by atoms with Crippen molar-refractivity contribution in [3.63, 3.8) is 0 Å². The summed E-state index contributed by atoms with van der Waals surface area (Å²) in [7, 11) is 0. The number of hydrogen-bond acceptors (Lipinski definition) is 3. The van der Waals surface area contributed by atoms with Crippen LogP contribution in [0.1, 0.15) is 93.8 Å². The molecule has 0 atom stereocenters. The fourth-order valence-electron chi connectivity index (χ4n) is 3.23. The zero-order chi connectivity index (χ0) is 21.0. The highest BCUT2D eigenvalue weighted by atomic mass is 16.5. The molecule has 0 bridgehead atoms. The van der Waals surface area contributed by atoms with E-state index in [0.29, 0.717) is 12.2 Å². The normalized spacial score (nSPS) is 10.8. The van der Waals surface area contributed by atoms with Crippen LogP contribution in [0, 0.1) is 0 Å². The summed E-state index contributed by atoms with van der Waals surface area (Å²) in [4.78, 5) is 10.8. The van der Waals surface area contributed by atoms with Gasteiger partial charge in [0.15, 0.2) is 0 Å². The summed E-state index contributed by atoms with van der Waals surface area (Å²) < 4.78 is 11.2. The van der Waals surface area contributed by atoms with Crippen LogP contribution in [0.3, 0.4) is 0 Å². The second kappa shape index (κ2) is 18.2. The van der Waals surface area contributed by atoms with Crippen LogP contribution in [0.2, 0.25) is 0 Å². The minimum Gasteiger partial charge on any atom is -0.494 e. The lowest BCUT2D eigenvalue weighted by Gasteiger charge is -2.06. The molecule has 4 heteroatoms. The van der Waals surface area contributed by atoms with E-state index >= 15 is 0 Å². The van der Waals surface area contributed by atoms with Crippen molar-refractivity contribution in [3.05, 3.63) is 42.5 Å². The summed E-state index contributed by atoms with van der Waals surface area (Å²) in [5, 5.41) is 8.87. The molecule has 1 aromatic rings. The zero-order valence-electron chi connectivity index (χ0n) is 18.1. The van der Waals surface area contributed by atoms with Gasteiger partial charge in [0.2, 0.25) is 0 Å². The highest BCUT2D eigenvalue weighted by Crippen LogP contribution is 2.14. The van der Waals surface area contributed by atoms with Gasteiger partial charge in [0, 0.05) is 13.2 Å². The Labute approximate surface area is 177 Å². The van der Waals surface area contributed by atoms with E-state index in [1.54, 1.807) is 24.3 Å². The van der Waals surface area contributed by atoms with Gasteiger partial charge in [-0.2, -0.15) is 0 Å². The number of benzene rings is 1. The van der Waals surface area contributed by atoms with Gasteiger partial charge in [-0.05, 0) is 43.5 Å². The monoisotopic (exact) mass is 404 g/mol. The predicted octanol–water partition coefficient (Wildman–Crippen LogP) is 7.04. The molecule has 1 N–H and O–H groups in total. The van der Waals surface area contributed by atoms with Crippen molar-refractivity contribution < 1.29 is 19.4 Å². The lowest BCUT2D eigenvalue weighted by atomic mass is 10.1. The molecule has 0 aliphatic carbocycles. The first kappa shape index (κ1) is 25.2. The average molecular weight is 405 g/mol. The maximum Gasteiger partial charge on any atom is 0.335 e. The van der Waals surface area contributed by atoms with Gasteiger partial charge in [0.25, 0.3) is 0 Å². The van der Waals surface area contributed by atoms with Crippen LogP contribution in [0.4, 0.5) is 0 Å². The van der Waals surface area contributed by atoms with Gasteiger partial charge in [0.05, 0.1) is 12.2 Å². The van der Waals surface area contributed by atoms with E-state index in [9.17, 15) is 4.79 Å². The molecule has 0 saturated carbocycles. The van der Waals surface area contributed by atoms with Gasteiger partial charge in [-0.1, -0.05) is 70.3 Å². The molecule has 0 radical (unpaired) electrons. The van der Waals surface area contributed by atoms with Crippen molar-refractivity contribution in [3.8, 4) is 5.75 Å². The van der Waals surface area contributed by atoms with E-state index in [-0.39, 0.29) is 0 Å². The van der Waals surface area contributed by atoms with Crippen molar-refractivity contribution >= 4 is 5.97 Å². The number of carbonyl (C=O) groups is 1. The van der Waals surface area contributed by atoms with E-state index in [4.69, 9.17) is 14.6 Å². The van der Waals surface area contributed by atoms with Crippen LogP contribution in [-0.4, -0.2) is 30.9 Å². The smallest absolute Gasteiger partial charge is 0.335 e. The van der Waals surface area contributed by atoms with Gasteiger partial charge < -0.3 is 14.6 Å². The molecular formula is C25H40O4. The molecule has 29 heavy (non-hydrogen) atoms. The molecule has 0 aliphatic rings. The molecule has 0 spiro atoms. The van der Waals surface area contributed by atoms with Crippen LogP contribution in [0.15, 0.2) is 36.9 Å². The molecule has 4 nitrogen and oxygen atoms in total. The quantitative estimate of drug-likeness (QED) is 0.187. The van der Waals surface area contributed by atoms with Crippen molar-refractivity contribution in [2.75, 3.05) is 19.8 Å². The number of ether oxygens (including phenoxy) is 2. The Hall–Kier alpha value is -1.81. The summed E-state index contributed by atoms with van der Waals surface area (Å²) in [5.74, 6) is -0.160. The van der Waals surface area contributed by atoms with Gasteiger partial charge in [-0.15, -0.1) is 6.58 Å². The van der Waals surface area contributed by atoms with Crippen LogP contribution < -0.4 is 4.74 Å². The molecular weight excluding hydrogens is 364 g/mol. The Morgan fingerprint density at radius 1 is 0.759 bits per heavy atom. The number of hydrogen-bond donors (Lipinski definition) is 1. The number of carboxylic acids is 1. The van der Waals surface area contributed by atoms with Crippen LogP contribution in [0.5, 0.6) is 5.75 Å². The minimum absolute atomic E-state index is 0.293. The highest BCUT2D eigenvalue weighted by Gasteiger charge is 2.02. The Bertz CT molecular complexity index is 524. The second-order valence-corrected chi connectivity index (χ2v) is 7.61. The summed E-state index contributed by atoms with van der Waals surface area (Å²) in [6.45, 7) is 6.11. The van der Waals surface area contributed by atoms with Crippen molar-refractivity contribution in [2.24, 2.45) is 0 Å². The van der Waals surface area contributed by atoms with E-state index in [1.807, 2.05) is 6.08 Å². The summed E-state index contributed by atoms with van der Waals surface area (Å²) in [5.41, 5.74) is 0.293. The van der Waals surface area contributed by atoms with Crippen molar-refractivity contribution in [2.45, 2.75) is 83.5 Å². The Balaban J connectivity index is 1.78. The molecule has 0 heterocycles. The van der Waals surface area contributed by atoms with Crippen LogP contribution in [-0.2, 0) is 4.74 Å². The van der Waals surface area contributed by atoms with E-state index in [0.717, 1.165) is 31.8 Å². The Kier molecular flexibility index (Phi) is 15.9. The van der Waals surface area contributed by atoms with Gasteiger partial charge in [-0.25, -0.2) is 4.79 Å². The molecule has 0 saturated heterocycles. The number of rotatable bonds is 20. The van der Waals surface area contributed by atoms with E-state index in [2.05, 4.69) is 6.58 Å². The Morgan fingerprint density at radius 3 is 1.72 bits per heavy atom. The minimum atomic E-state index is -0.905. The van der Waals surface area contributed by atoms with Crippen LogP contribution in [0.25, 0.3) is 0 Å². The maximum atomic E-state index is 10.8. The first-order valence-corrected chi connectivity index (χ1v) is 11.4. The molecule has 1 rings (SSSR count). The molecule has 164 valence electrons. The summed E-state index contributed by atoms with van der Waals surface area (Å²) >= 11 is 0. The Morgan fingerprint density at radius 2 is 1.24 bits per heavy atom. The molecule has 0 unspecified atom stereocenters. The predicted molar refractivity (Wildman–Crippen MR) is 120 cm³/mol. The first-order chi connectivity index (χ1) is 14.2. The second-order valence-electron chi connectivity index (χ2n) is 7.61. The summed E-state index contributed by atoms with van der Waals surface area (Å²) in [6, 6.07) is 6.61. The zero-order valence-corrected chi connectivity index (χ0v) is 18.1. The van der Waals surface area contributed by atoms with Crippen molar-refractivity contribution in [1.29, 1.82) is 0 Å². The van der Waals surface area contributed by atoms with E-state index in [1.165, 1.54) is 70.6 Å². The average Bonchev–Trinajstić information content (AvgIpc) is 2.73. The lowest BCUT2D eigenvalue weighted by molar-refractivity contribution is 0.0697. The van der Waals surface area contributed by atoms with Gasteiger partial charge in [-0.3, -0.25) is 0 Å². The fourth-order valence-corrected chi connectivity index (χ4v) is 3.23.